The highest BCUT2D eigenvalue weighted by Crippen LogP contribution is 2.35. The zero-order chi connectivity index (χ0) is 13.0. The Morgan fingerprint density at radius 3 is 2.71 bits per heavy atom. The van der Waals surface area contributed by atoms with Crippen LogP contribution in [0.15, 0.2) is 12.1 Å². The lowest BCUT2D eigenvalue weighted by molar-refractivity contribution is -0.144. The van der Waals surface area contributed by atoms with Crippen molar-refractivity contribution in [3.05, 3.63) is 17.7 Å². The molecule has 0 spiro atoms. The van der Waals surface area contributed by atoms with E-state index >= 15 is 0 Å². The van der Waals surface area contributed by atoms with Crippen molar-refractivity contribution in [1.82, 2.24) is 0 Å². The number of esters is 1. The van der Waals surface area contributed by atoms with Gasteiger partial charge in [0.05, 0.1) is 25.3 Å². The van der Waals surface area contributed by atoms with Crippen LogP contribution < -0.4 is 10.5 Å². The third-order valence-corrected chi connectivity index (χ3v) is 2.49. The van der Waals surface area contributed by atoms with Gasteiger partial charge in [-0.15, -0.1) is 0 Å². The van der Waals surface area contributed by atoms with E-state index in [2.05, 4.69) is 0 Å². The molecule has 0 radical (unpaired) electrons. The summed E-state index contributed by atoms with van der Waals surface area (Å²) in [5, 5.41) is 9.58. The summed E-state index contributed by atoms with van der Waals surface area (Å²) in [5.74, 6) is -0.658. The van der Waals surface area contributed by atoms with Crippen molar-refractivity contribution in [3.63, 3.8) is 0 Å². The molecule has 0 saturated heterocycles. The van der Waals surface area contributed by atoms with E-state index in [-0.39, 0.29) is 23.2 Å². The summed E-state index contributed by atoms with van der Waals surface area (Å²) in [6.07, 6.45) is 0. The first-order valence-electron chi connectivity index (χ1n) is 5.34. The van der Waals surface area contributed by atoms with E-state index in [1.165, 1.54) is 7.11 Å². The van der Waals surface area contributed by atoms with Crippen molar-refractivity contribution in [3.8, 4) is 11.5 Å². The predicted molar refractivity (Wildman–Crippen MR) is 64.1 cm³/mol. The summed E-state index contributed by atoms with van der Waals surface area (Å²) in [5.41, 5.74) is 6.45. The topological polar surface area (TPSA) is 81.8 Å². The molecule has 94 valence electrons. The molecule has 1 rings (SSSR count). The number of carbonyl (C=O) groups excluding carboxylic acids is 1. The normalized spacial score (nSPS) is 11.9. The summed E-state index contributed by atoms with van der Waals surface area (Å²) in [6, 6.07) is 3.12. The Morgan fingerprint density at radius 2 is 2.18 bits per heavy atom. The van der Waals surface area contributed by atoms with Crippen LogP contribution in [-0.2, 0) is 9.53 Å². The molecule has 0 amide bonds. The Bertz CT molecular complexity index is 417. The first-order valence-corrected chi connectivity index (χ1v) is 5.34. The summed E-state index contributed by atoms with van der Waals surface area (Å²) >= 11 is 0. The van der Waals surface area contributed by atoms with Gasteiger partial charge in [0.1, 0.15) is 0 Å². The van der Waals surface area contributed by atoms with Gasteiger partial charge in [-0.05, 0) is 31.5 Å². The maximum Gasteiger partial charge on any atom is 0.313 e. The number of nitrogen functional groups attached to an aromatic ring is 1. The monoisotopic (exact) mass is 239 g/mol. The number of aromatic hydroxyl groups is 1. The molecular formula is C12H17NO4. The summed E-state index contributed by atoms with van der Waals surface area (Å²) in [4.78, 5) is 11.6. The third-order valence-electron chi connectivity index (χ3n) is 2.49. The summed E-state index contributed by atoms with van der Waals surface area (Å²) in [6.45, 7) is 3.79. The van der Waals surface area contributed by atoms with E-state index in [1.807, 2.05) is 0 Å². The van der Waals surface area contributed by atoms with E-state index in [1.54, 1.807) is 26.0 Å². The number of nitrogens with two attached hydrogens (primary N) is 1. The zero-order valence-corrected chi connectivity index (χ0v) is 10.2. The fourth-order valence-electron chi connectivity index (χ4n) is 1.46. The minimum absolute atomic E-state index is 0.118. The van der Waals surface area contributed by atoms with E-state index in [9.17, 15) is 9.90 Å². The van der Waals surface area contributed by atoms with Gasteiger partial charge in [-0.3, -0.25) is 4.79 Å². The molecule has 0 aromatic heterocycles. The Balaban J connectivity index is 3.06. The average Bonchev–Trinajstić information content (AvgIpc) is 2.31. The van der Waals surface area contributed by atoms with E-state index in [0.717, 1.165) is 0 Å². The van der Waals surface area contributed by atoms with Gasteiger partial charge in [0.25, 0.3) is 0 Å². The third kappa shape index (κ3) is 2.81. The van der Waals surface area contributed by atoms with Crippen LogP contribution in [0.4, 0.5) is 5.69 Å². The fourth-order valence-corrected chi connectivity index (χ4v) is 1.46. The highest BCUT2D eigenvalue weighted by atomic mass is 16.5. The summed E-state index contributed by atoms with van der Waals surface area (Å²) < 4.78 is 9.89. The fraction of sp³-hybridized carbons (Fsp3) is 0.417. The molecule has 0 aliphatic carbocycles. The van der Waals surface area contributed by atoms with Crippen LogP contribution >= 0.6 is 0 Å². The lowest BCUT2D eigenvalue weighted by Gasteiger charge is -2.14. The highest BCUT2D eigenvalue weighted by Gasteiger charge is 2.19. The second-order valence-electron chi connectivity index (χ2n) is 3.63. The molecule has 0 aliphatic heterocycles. The molecule has 0 saturated carbocycles. The van der Waals surface area contributed by atoms with Crippen molar-refractivity contribution in [2.45, 2.75) is 19.8 Å². The van der Waals surface area contributed by atoms with E-state index in [4.69, 9.17) is 15.2 Å². The second kappa shape index (κ2) is 5.43. The van der Waals surface area contributed by atoms with Gasteiger partial charge in [-0.25, -0.2) is 0 Å². The van der Waals surface area contributed by atoms with Crippen molar-refractivity contribution < 1.29 is 19.4 Å². The maximum atomic E-state index is 11.6. The number of phenols is 1. The van der Waals surface area contributed by atoms with Gasteiger partial charge >= 0.3 is 5.97 Å². The molecule has 17 heavy (non-hydrogen) atoms. The van der Waals surface area contributed by atoms with Crippen LogP contribution in [0.2, 0.25) is 0 Å². The van der Waals surface area contributed by atoms with Gasteiger partial charge in [0.15, 0.2) is 11.5 Å². The Morgan fingerprint density at radius 1 is 1.53 bits per heavy atom. The number of rotatable bonds is 4. The standard InChI is InChI=1S/C12H17NO4/c1-4-17-12(15)7(2)8-5-9(13)11(14)10(6-8)16-3/h5-7,14H,4,13H2,1-3H3. The van der Waals surface area contributed by atoms with Crippen LogP contribution in [0.3, 0.4) is 0 Å². The minimum Gasteiger partial charge on any atom is -0.503 e. The number of anilines is 1. The number of hydrogen-bond donors (Lipinski definition) is 2. The Labute approximate surface area is 100 Å². The molecule has 1 aromatic carbocycles. The largest absolute Gasteiger partial charge is 0.503 e. The molecule has 1 atom stereocenters. The van der Waals surface area contributed by atoms with Gasteiger partial charge in [-0.1, -0.05) is 0 Å². The lowest BCUT2D eigenvalue weighted by atomic mass is 10.00. The number of ether oxygens (including phenoxy) is 2. The molecule has 0 heterocycles. The quantitative estimate of drug-likeness (QED) is 0.474. The predicted octanol–water partition coefficient (Wildman–Crippen LogP) is 1.65. The average molecular weight is 239 g/mol. The van der Waals surface area contributed by atoms with Crippen molar-refractivity contribution in [2.24, 2.45) is 0 Å². The SMILES string of the molecule is CCOC(=O)C(C)c1cc(N)c(O)c(OC)c1. The second-order valence-corrected chi connectivity index (χ2v) is 3.63. The lowest BCUT2D eigenvalue weighted by Crippen LogP contribution is -2.13. The number of hydrogen-bond acceptors (Lipinski definition) is 5. The zero-order valence-electron chi connectivity index (χ0n) is 10.2. The number of carbonyl (C=O) groups is 1. The maximum absolute atomic E-state index is 11.6. The Hall–Kier alpha value is -1.91. The van der Waals surface area contributed by atoms with E-state index in [0.29, 0.717) is 12.2 Å². The first-order chi connectivity index (χ1) is 8.01. The molecule has 1 aromatic rings. The van der Waals surface area contributed by atoms with Crippen molar-refractivity contribution in [2.75, 3.05) is 19.5 Å². The molecule has 5 heteroatoms. The molecule has 0 bridgehead atoms. The first kappa shape index (κ1) is 13.2. The molecular weight excluding hydrogens is 222 g/mol. The molecule has 1 unspecified atom stereocenters. The van der Waals surface area contributed by atoms with Crippen LogP contribution in [0.1, 0.15) is 25.3 Å². The van der Waals surface area contributed by atoms with Crippen LogP contribution in [0.5, 0.6) is 11.5 Å². The van der Waals surface area contributed by atoms with Crippen LogP contribution in [0.25, 0.3) is 0 Å². The van der Waals surface area contributed by atoms with Crippen LogP contribution in [0, 0.1) is 0 Å². The molecule has 0 aliphatic rings. The van der Waals surface area contributed by atoms with E-state index < -0.39 is 5.92 Å². The number of methoxy groups -OCH3 is 1. The van der Waals surface area contributed by atoms with Gasteiger partial charge in [-0.2, -0.15) is 0 Å². The Kier molecular flexibility index (Phi) is 4.20. The number of phenolic OH excluding ortho intramolecular Hbond substituents is 1. The summed E-state index contributed by atoms with van der Waals surface area (Å²) in [7, 11) is 1.42. The van der Waals surface area contributed by atoms with Crippen LogP contribution in [-0.4, -0.2) is 24.8 Å². The highest BCUT2D eigenvalue weighted by molar-refractivity contribution is 5.79. The smallest absolute Gasteiger partial charge is 0.313 e. The molecule has 3 N–H and O–H groups in total. The number of benzene rings is 1. The minimum atomic E-state index is -0.452. The van der Waals surface area contributed by atoms with Crippen molar-refractivity contribution in [1.29, 1.82) is 0 Å². The van der Waals surface area contributed by atoms with Gasteiger partial charge in [0.2, 0.25) is 0 Å². The molecule has 0 fully saturated rings. The van der Waals surface area contributed by atoms with Gasteiger partial charge < -0.3 is 20.3 Å². The van der Waals surface area contributed by atoms with Crippen molar-refractivity contribution >= 4 is 11.7 Å². The van der Waals surface area contributed by atoms with Gasteiger partial charge in [0, 0.05) is 0 Å². The molecule has 5 nitrogen and oxygen atoms in total.